The minimum atomic E-state index is -0.296. The van der Waals surface area contributed by atoms with Gasteiger partial charge in [-0.05, 0) is 6.42 Å². The van der Waals surface area contributed by atoms with Gasteiger partial charge in [0, 0.05) is 28.3 Å². The van der Waals surface area contributed by atoms with Gasteiger partial charge in [0.15, 0.2) is 0 Å². The molecule has 0 radical (unpaired) electrons. The van der Waals surface area contributed by atoms with Crippen LogP contribution in [0.25, 0.3) is 0 Å². The summed E-state index contributed by atoms with van der Waals surface area (Å²) in [5.74, 6) is 0. The molecule has 0 aromatic carbocycles. The highest BCUT2D eigenvalue weighted by molar-refractivity contribution is 6.35. The van der Waals surface area contributed by atoms with E-state index in [0.29, 0.717) is 6.54 Å². The summed E-state index contributed by atoms with van der Waals surface area (Å²) in [6.07, 6.45) is 4.69. The van der Waals surface area contributed by atoms with E-state index in [0.717, 1.165) is 12.8 Å². The standard InChI is InChI=1S/C11H20N2O2Si/c1-2-16-9-5-3-4-8-13-10(14)6-7-12-11(13)15/h6-7H,2-5,8-9,16H2,1H3,(H,12,15). The molecule has 4 nitrogen and oxygen atoms in total. The second-order valence-electron chi connectivity index (χ2n) is 4.04. The lowest BCUT2D eigenvalue weighted by Gasteiger charge is -2.03. The van der Waals surface area contributed by atoms with Crippen LogP contribution in [0.4, 0.5) is 0 Å². The second kappa shape index (κ2) is 7.22. The Labute approximate surface area is 97.5 Å². The fourth-order valence-corrected chi connectivity index (χ4v) is 2.92. The summed E-state index contributed by atoms with van der Waals surface area (Å²) >= 11 is 0. The zero-order valence-corrected chi connectivity index (χ0v) is 11.3. The fraction of sp³-hybridized carbons (Fsp3) is 0.636. The first kappa shape index (κ1) is 13.0. The number of hydrogen-bond acceptors (Lipinski definition) is 2. The average Bonchev–Trinajstić information content (AvgIpc) is 2.26. The molecule has 0 bridgehead atoms. The van der Waals surface area contributed by atoms with Gasteiger partial charge in [-0.25, -0.2) is 4.79 Å². The maximum Gasteiger partial charge on any atom is 0.328 e. The topological polar surface area (TPSA) is 54.9 Å². The Bertz CT molecular complexity index is 383. The molecule has 0 unspecified atom stereocenters. The Hall–Kier alpha value is -1.10. The molecule has 1 aromatic rings. The minimum absolute atomic E-state index is 0.179. The van der Waals surface area contributed by atoms with Gasteiger partial charge in [0.1, 0.15) is 0 Å². The summed E-state index contributed by atoms with van der Waals surface area (Å²) in [5, 5.41) is 0. The van der Waals surface area contributed by atoms with E-state index in [1.807, 2.05) is 0 Å². The van der Waals surface area contributed by atoms with Gasteiger partial charge in [-0.3, -0.25) is 9.36 Å². The molecule has 1 heterocycles. The van der Waals surface area contributed by atoms with Crippen LogP contribution in [0.15, 0.2) is 21.9 Å². The van der Waals surface area contributed by atoms with E-state index in [4.69, 9.17) is 0 Å². The molecule has 0 saturated heterocycles. The van der Waals surface area contributed by atoms with Crippen LogP contribution in [0.5, 0.6) is 0 Å². The van der Waals surface area contributed by atoms with Crippen molar-refractivity contribution >= 4 is 9.52 Å². The molecule has 0 aliphatic rings. The van der Waals surface area contributed by atoms with Crippen molar-refractivity contribution in [2.45, 2.75) is 44.8 Å². The van der Waals surface area contributed by atoms with Crippen LogP contribution in [0.3, 0.4) is 0 Å². The average molecular weight is 240 g/mol. The van der Waals surface area contributed by atoms with Crippen LogP contribution in [0.1, 0.15) is 26.2 Å². The zero-order valence-electron chi connectivity index (χ0n) is 9.87. The molecule has 90 valence electrons. The number of rotatable bonds is 7. The third kappa shape index (κ3) is 4.18. The highest BCUT2D eigenvalue weighted by Gasteiger charge is 1.99. The van der Waals surface area contributed by atoms with Crippen LogP contribution in [0, 0.1) is 0 Å². The van der Waals surface area contributed by atoms with E-state index in [1.165, 1.54) is 35.3 Å². The second-order valence-corrected chi connectivity index (χ2v) is 6.45. The van der Waals surface area contributed by atoms with Crippen molar-refractivity contribution < 1.29 is 0 Å². The lowest BCUT2D eigenvalue weighted by molar-refractivity contribution is 0.563. The lowest BCUT2D eigenvalue weighted by Crippen LogP contribution is -2.33. The van der Waals surface area contributed by atoms with E-state index in [1.54, 1.807) is 0 Å². The number of unbranched alkanes of at least 4 members (excludes halogenated alkanes) is 2. The monoisotopic (exact) mass is 240 g/mol. The van der Waals surface area contributed by atoms with Crippen molar-refractivity contribution in [2.24, 2.45) is 0 Å². The molecule has 0 fully saturated rings. The molecule has 0 aliphatic carbocycles. The van der Waals surface area contributed by atoms with Gasteiger partial charge in [0.2, 0.25) is 0 Å². The largest absolute Gasteiger partial charge is 0.328 e. The Balaban J connectivity index is 2.32. The minimum Gasteiger partial charge on any atom is -0.314 e. The number of nitrogens with one attached hydrogen (secondary N) is 1. The third-order valence-corrected chi connectivity index (χ3v) is 4.39. The summed E-state index contributed by atoms with van der Waals surface area (Å²) < 4.78 is 1.28. The van der Waals surface area contributed by atoms with Crippen molar-refractivity contribution in [3.05, 3.63) is 33.1 Å². The van der Waals surface area contributed by atoms with Crippen molar-refractivity contribution in [1.29, 1.82) is 0 Å². The normalized spacial score (nSPS) is 11.3. The quantitative estimate of drug-likeness (QED) is 0.564. The Morgan fingerprint density at radius 2 is 2.12 bits per heavy atom. The molecule has 1 N–H and O–H groups in total. The molecular weight excluding hydrogens is 220 g/mol. The van der Waals surface area contributed by atoms with Gasteiger partial charge in [-0.2, -0.15) is 0 Å². The first-order valence-electron chi connectivity index (χ1n) is 6.04. The smallest absolute Gasteiger partial charge is 0.314 e. The third-order valence-electron chi connectivity index (χ3n) is 2.68. The molecule has 0 spiro atoms. The molecule has 1 rings (SSSR count). The summed E-state index contributed by atoms with van der Waals surface area (Å²) in [6.45, 7) is 2.79. The molecule has 16 heavy (non-hydrogen) atoms. The molecule has 0 saturated carbocycles. The van der Waals surface area contributed by atoms with Crippen molar-refractivity contribution in [3.8, 4) is 0 Å². The van der Waals surface area contributed by atoms with Crippen molar-refractivity contribution in [1.82, 2.24) is 9.55 Å². The van der Waals surface area contributed by atoms with E-state index in [2.05, 4.69) is 11.9 Å². The van der Waals surface area contributed by atoms with E-state index >= 15 is 0 Å². The Morgan fingerprint density at radius 1 is 1.31 bits per heavy atom. The summed E-state index contributed by atoms with van der Waals surface area (Å²) in [4.78, 5) is 25.2. The predicted molar refractivity (Wildman–Crippen MR) is 69.0 cm³/mol. The SMILES string of the molecule is CC[SiH2]CCCCCn1c(=O)cc[nH]c1=O. The van der Waals surface area contributed by atoms with Gasteiger partial charge in [-0.1, -0.05) is 31.9 Å². The lowest BCUT2D eigenvalue weighted by atomic mass is 10.2. The van der Waals surface area contributed by atoms with E-state index in [-0.39, 0.29) is 20.8 Å². The Kier molecular flexibility index (Phi) is 5.85. The van der Waals surface area contributed by atoms with Gasteiger partial charge in [0.25, 0.3) is 5.56 Å². The fourth-order valence-electron chi connectivity index (χ4n) is 1.71. The number of H-pyrrole nitrogens is 1. The highest BCUT2D eigenvalue weighted by Crippen LogP contribution is 2.01. The maximum absolute atomic E-state index is 11.4. The molecule has 0 amide bonds. The number of nitrogens with zero attached hydrogens (tertiary/aromatic N) is 1. The summed E-state index contributed by atoms with van der Waals surface area (Å²) in [7, 11) is 0.179. The zero-order chi connectivity index (χ0) is 11.8. The van der Waals surface area contributed by atoms with E-state index < -0.39 is 0 Å². The molecule has 0 aliphatic heterocycles. The predicted octanol–water partition coefficient (Wildman–Crippen LogP) is 0.732. The molecule has 5 heteroatoms. The van der Waals surface area contributed by atoms with Crippen molar-refractivity contribution in [2.75, 3.05) is 0 Å². The van der Waals surface area contributed by atoms with Crippen LogP contribution >= 0.6 is 0 Å². The molecular formula is C11H20N2O2Si. The van der Waals surface area contributed by atoms with E-state index in [9.17, 15) is 9.59 Å². The van der Waals surface area contributed by atoms with Gasteiger partial charge in [0.05, 0.1) is 0 Å². The van der Waals surface area contributed by atoms with Gasteiger partial charge < -0.3 is 4.98 Å². The maximum atomic E-state index is 11.4. The first-order chi connectivity index (χ1) is 7.75. The molecule has 1 aromatic heterocycles. The Morgan fingerprint density at radius 3 is 2.81 bits per heavy atom. The van der Waals surface area contributed by atoms with Crippen molar-refractivity contribution in [3.63, 3.8) is 0 Å². The van der Waals surface area contributed by atoms with Gasteiger partial charge >= 0.3 is 5.69 Å². The number of aromatic amines is 1. The van der Waals surface area contributed by atoms with Crippen LogP contribution < -0.4 is 11.2 Å². The van der Waals surface area contributed by atoms with Gasteiger partial charge in [-0.15, -0.1) is 0 Å². The molecule has 0 atom stereocenters. The number of hydrogen-bond donors (Lipinski definition) is 1. The highest BCUT2D eigenvalue weighted by atomic mass is 28.2. The number of aromatic nitrogens is 2. The van der Waals surface area contributed by atoms with Crippen LogP contribution in [0.2, 0.25) is 12.1 Å². The summed E-state index contributed by atoms with van der Waals surface area (Å²) in [6, 6.07) is 4.15. The van der Waals surface area contributed by atoms with Crippen LogP contribution in [-0.4, -0.2) is 19.1 Å². The summed E-state index contributed by atoms with van der Waals surface area (Å²) in [5.41, 5.74) is -0.498. The van der Waals surface area contributed by atoms with Crippen LogP contribution in [-0.2, 0) is 6.54 Å². The first-order valence-corrected chi connectivity index (χ1v) is 8.04.